The van der Waals surface area contributed by atoms with E-state index in [4.69, 9.17) is 0 Å². The Morgan fingerprint density at radius 1 is 1.03 bits per heavy atom. The monoisotopic (exact) mass is 491 g/mol. The van der Waals surface area contributed by atoms with Gasteiger partial charge in [0.25, 0.3) is 5.69 Å². The van der Waals surface area contributed by atoms with Crippen LogP contribution in [0.1, 0.15) is 24.8 Å². The van der Waals surface area contributed by atoms with Crippen molar-refractivity contribution in [3.63, 3.8) is 0 Å². The number of nitrogens with zero attached hydrogens (tertiary/aromatic N) is 5. The number of Topliss-reactive ketones (excluding diaryl/α,β-unsaturated/α-hetero) is 1. The van der Waals surface area contributed by atoms with E-state index >= 15 is 0 Å². The predicted octanol–water partition coefficient (Wildman–Crippen LogP) is 4.53. The van der Waals surface area contributed by atoms with E-state index in [9.17, 15) is 25.0 Å². The normalized spacial score (nSPS) is 20.9. The van der Waals surface area contributed by atoms with Crippen molar-refractivity contribution in [2.75, 3.05) is 16.8 Å². The van der Waals surface area contributed by atoms with Gasteiger partial charge in [-0.15, -0.1) is 0 Å². The van der Waals surface area contributed by atoms with Gasteiger partial charge in [-0.05, 0) is 37.1 Å². The van der Waals surface area contributed by atoms with Gasteiger partial charge in [0.15, 0.2) is 5.78 Å². The Labute approximate surface area is 212 Å². The van der Waals surface area contributed by atoms with Crippen molar-refractivity contribution in [3.8, 4) is 6.07 Å². The summed E-state index contributed by atoms with van der Waals surface area (Å²) >= 11 is 0. The summed E-state index contributed by atoms with van der Waals surface area (Å²) in [5.41, 5.74) is 0.906. The van der Waals surface area contributed by atoms with Crippen LogP contribution in [0.5, 0.6) is 0 Å². The number of nitro benzene ring substituents is 1. The molecule has 1 aromatic heterocycles. The number of allylic oxidation sites excluding steroid dienone is 1. The number of non-ortho nitro benzene ring substituents is 1. The first-order valence-corrected chi connectivity index (χ1v) is 11.9. The number of aromatic nitrogens is 1. The van der Waals surface area contributed by atoms with E-state index in [-0.39, 0.29) is 34.9 Å². The lowest BCUT2D eigenvalue weighted by atomic mass is 9.63. The zero-order valence-electron chi connectivity index (χ0n) is 19.9. The molecule has 182 valence electrons. The highest BCUT2D eigenvalue weighted by molar-refractivity contribution is 6.21. The van der Waals surface area contributed by atoms with Gasteiger partial charge in [-0.3, -0.25) is 24.6 Å². The molecule has 0 bridgehead atoms. The van der Waals surface area contributed by atoms with Crippen LogP contribution in [-0.4, -0.2) is 28.2 Å². The Morgan fingerprint density at radius 2 is 1.78 bits per heavy atom. The SMILES string of the molecule is CN1C(=O)[C@@]2(C(C#N)=C(n3cccc3)N(c3cccc([N+](=O)[O-])c3)C3=C2C(=O)CCC3)c2ccccc21. The first kappa shape index (κ1) is 22.5. The minimum absolute atomic E-state index is 0.103. The molecule has 9 heteroatoms. The summed E-state index contributed by atoms with van der Waals surface area (Å²) in [5.74, 6) is -0.189. The van der Waals surface area contributed by atoms with Crippen LogP contribution in [-0.2, 0) is 15.0 Å². The number of hydrogen-bond donors (Lipinski definition) is 0. The molecule has 0 saturated heterocycles. The van der Waals surface area contributed by atoms with Crippen molar-refractivity contribution in [2.45, 2.75) is 24.7 Å². The van der Waals surface area contributed by atoms with Gasteiger partial charge in [0, 0.05) is 60.5 Å². The van der Waals surface area contributed by atoms with E-state index in [1.165, 1.54) is 17.0 Å². The van der Waals surface area contributed by atoms with Crippen LogP contribution < -0.4 is 9.80 Å². The van der Waals surface area contributed by atoms with E-state index in [0.29, 0.717) is 41.3 Å². The van der Waals surface area contributed by atoms with Crippen molar-refractivity contribution in [3.05, 3.63) is 106 Å². The number of nitro groups is 1. The van der Waals surface area contributed by atoms with Crippen molar-refractivity contribution >= 4 is 34.6 Å². The standard InChI is InChI=1S/C28H21N5O4/c1-30-22-11-3-2-10-20(22)28(27(30)35)21(17-29)26(31-14-4-5-15-31)32(23-12-7-13-24(34)25(23)28)18-8-6-9-19(16-18)33(36)37/h2-6,8-11,14-16H,7,12-13H2,1H3/t28-/m1/s1. The number of carbonyl (C=O) groups is 2. The molecule has 3 aliphatic rings. The lowest BCUT2D eigenvalue weighted by Crippen LogP contribution is -2.51. The molecule has 1 aliphatic carbocycles. The Bertz CT molecular complexity index is 1610. The van der Waals surface area contributed by atoms with Crippen LogP contribution in [0.4, 0.5) is 17.1 Å². The molecular formula is C28H21N5O4. The lowest BCUT2D eigenvalue weighted by Gasteiger charge is -2.45. The largest absolute Gasteiger partial charge is 0.314 e. The summed E-state index contributed by atoms with van der Waals surface area (Å²) in [6.07, 6.45) is 4.80. The molecule has 2 aromatic carbocycles. The number of anilines is 2. The van der Waals surface area contributed by atoms with Crippen LogP contribution in [0.15, 0.2) is 89.9 Å². The van der Waals surface area contributed by atoms with Gasteiger partial charge < -0.3 is 9.47 Å². The van der Waals surface area contributed by atoms with Gasteiger partial charge in [0.1, 0.15) is 17.3 Å². The summed E-state index contributed by atoms with van der Waals surface area (Å²) in [4.78, 5) is 42.4. The lowest BCUT2D eigenvalue weighted by molar-refractivity contribution is -0.384. The molecule has 3 heterocycles. The highest BCUT2D eigenvalue weighted by Crippen LogP contribution is 2.57. The maximum atomic E-state index is 14.2. The van der Waals surface area contributed by atoms with Gasteiger partial charge >= 0.3 is 0 Å². The summed E-state index contributed by atoms with van der Waals surface area (Å²) in [5, 5.41) is 22.4. The molecule has 1 atom stereocenters. The first-order valence-electron chi connectivity index (χ1n) is 11.9. The third kappa shape index (κ3) is 2.90. The number of ketones is 1. The van der Waals surface area contributed by atoms with Crippen LogP contribution in [0.25, 0.3) is 5.82 Å². The quantitative estimate of drug-likeness (QED) is 0.393. The average molecular weight is 492 g/mol. The number of carbonyl (C=O) groups excluding carboxylic acids is 2. The van der Waals surface area contributed by atoms with Gasteiger partial charge in [0.05, 0.1) is 16.2 Å². The number of fused-ring (bicyclic) bond motifs is 3. The number of benzene rings is 2. The van der Waals surface area contributed by atoms with Crippen LogP contribution >= 0.6 is 0 Å². The molecule has 3 aromatic rings. The van der Waals surface area contributed by atoms with E-state index < -0.39 is 10.3 Å². The molecule has 0 N–H and O–H groups in total. The number of hydrogen-bond acceptors (Lipinski definition) is 6. The van der Waals surface area contributed by atoms with Gasteiger partial charge in [-0.25, -0.2) is 0 Å². The number of amides is 1. The maximum Gasteiger partial charge on any atom is 0.271 e. The van der Waals surface area contributed by atoms with Crippen molar-refractivity contribution < 1.29 is 14.5 Å². The number of para-hydroxylation sites is 1. The third-order valence-electron chi connectivity index (χ3n) is 7.39. The predicted molar refractivity (Wildman–Crippen MR) is 136 cm³/mol. The van der Waals surface area contributed by atoms with Crippen LogP contribution in [0.3, 0.4) is 0 Å². The van der Waals surface area contributed by atoms with Gasteiger partial charge in [-0.2, -0.15) is 5.26 Å². The second-order valence-corrected chi connectivity index (χ2v) is 9.24. The molecule has 2 aliphatic heterocycles. The second kappa shape index (κ2) is 8.03. The Morgan fingerprint density at radius 3 is 2.51 bits per heavy atom. The zero-order chi connectivity index (χ0) is 25.9. The molecule has 0 radical (unpaired) electrons. The Kier molecular flexibility index (Phi) is 4.88. The summed E-state index contributed by atoms with van der Waals surface area (Å²) in [6.45, 7) is 0. The molecule has 37 heavy (non-hydrogen) atoms. The summed E-state index contributed by atoms with van der Waals surface area (Å²) < 4.78 is 1.73. The Balaban J connectivity index is 1.78. The van der Waals surface area contributed by atoms with Crippen molar-refractivity contribution in [2.24, 2.45) is 0 Å². The topological polar surface area (TPSA) is 112 Å². The fourth-order valence-electron chi connectivity index (χ4n) is 5.93. The average Bonchev–Trinajstić information content (AvgIpc) is 3.52. The molecule has 6 rings (SSSR count). The number of likely N-dealkylation sites (N-methyl/N-ethyl adjacent to an activating group) is 1. The van der Waals surface area contributed by atoms with Gasteiger partial charge in [-0.1, -0.05) is 24.3 Å². The molecule has 0 fully saturated rings. The second-order valence-electron chi connectivity index (χ2n) is 9.24. The smallest absolute Gasteiger partial charge is 0.271 e. The van der Waals surface area contributed by atoms with Crippen molar-refractivity contribution in [1.82, 2.24) is 4.57 Å². The Hall–Kier alpha value is -4.97. The minimum Gasteiger partial charge on any atom is -0.314 e. The van der Waals surface area contributed by atoms with E-state index in [1.54, 1.807) is 65.3 Å². The van der Waals surface area contributed by atoms with Crippen LogP contribution in [0.2, 0.25) is 0 Å². The highest BCUT2D eigenvalue weighted by Gasteiger charge is 2.62. The van der Waals surface area contributed by atoms with E-state index in [0.717, 1.165) is 0 Å². The van der Waals surface area contributed by atoms with Gasteiger partial charge in [0.2, 0.25) is 5.91 Å². The van der Waals surface area contributed by atoms with Crippen LogP contribution in [0, 0.1) is 21.4 Å². The molecule has 1 spiro atoms. The number of rotatable bonds is 3. The molecule has 0 unspecified atom stereocenters. The summed E-state index contributed by atoms with van der Waals surface area (Å²) in [7, 11) is 1.65. The van der Waals surface area contributed by atoms with E-state index in [1.807, 2.05) is 12.1 Å². The molecule has 1 amide bonds. The third-order valence-corrected chi connectivity index (χ3v) is 7.39. The fourth-order valence-corrected chi connectivity index (χ4v) is 5.93. The van der Waals surface area contributed by atoms with E-state index in [2.05, 4.69) is 6.07 Å². The first-order chi connectivity index (χ1) is 17.9. The highest BCUT2D eigenvalue weighted by atomic mass is 16.6. The fraction of sp³-hybridized carbons (Fsp3) is 0.179. The number of nitriles is 1. The molecule has 0 saturated carbocycles. The summed E-state index contributed by atoms with van der Waals surface area (Å²) in [6, 6.07) is 19.3. The van der Waals surface area contributed by atoms with Crippen molar-refractivity contribution in [1.29, 1.82) is 5.26 Å². The minimum atomic E-state index is -1.61. The zero-order valence-corrected chi connectivity index (χ0v) is 19.9. The molecule has 9 nitrogen and oxygen atoms in total. The molecular weight excluding hydrogens is 470 g/mol. The maximum absolute atomic E-state index is 14.2.